The zero-order valence-electron chi connectivity index (χ0n) is 13.0. The molecular weight excluding hydrogens is 350 g/mol. The summed E-state index contributed by atoms with van der Waals surface area (Å²) in [6, 6.07) is 8.34. The van der Waals surface area contributed by atoms with Crippen molar-refractivity contribution in [2.75, 3.05) is 6.26 Å². The predicted molar refractivity (Wildman–Crippen MR) is 89.1 cm³/mol. The molecule has 0 aliphatic heterocycles. The van der Waals surface area contributed by atoms with Gasteiger partial charge in [-0.2, -0.15) is 0 Å². The van der Waals surface area contributed by atoms with E-state index in [0.29, 0.717) is 16.6 Å². The molecule has 1 aromatic carbocycles. The van der Waals surface area contributed by atoms with E-state index in [-0.39, 0.29) is 15.7 Å². The van der Waals surface area contributed by atoms with Crippen LogP contribution in [0.5, 0.6) is 0 Å². The first-order valence-electron chi connectivity index (χ1n) is 7.00. The van der Waals surface area contributed by atoms with Crippen LogP contribution in [0.25, 0.3) is 11.0 Å². The molecule has 1 N–H and O–H groups in total. The minimum atomic E-state index is -3.78. The molecule has 0 amide bonds. The van der Waals surface area contributed by atoms with Crippen molar-refractivity contribution >= 4 is 30.7 Å². The van der Waals surface area contributed by atoms with Gasteiger partial charge >= 0.3 is 0 Å². The van der Waals surface area contributed by atoms with Crippen molar-refractivity contribution in [1.29, 1.82) is 0 Å². The number of fused-ring (bicyclic) bond motifs is 1. The van der Waals surface area contributed by atoms with Crippen molar-refractivity contribution in [3.63, 3.8) is 0 Å². The molecule has 24 heavy (non-hydrogen) atoms. The monoisotopic (exact) mass is 365 g/mol. The lowest BCUT2D eigenvalue weighted by atomic mass is 10.2. The standard InChI is InChI=1S/C15H15N3O4S2/c1-10-13(16-8-7-14(10)23(2,19)20)9-24(21,22)15-17-11-5-3-4-6-12(11)18-15/h3-8H,9H2,1-2H3,(H,17,18). The topological polar surface area (TPSA) is 110 Å². The molecule has 0 fully saturated rings. The Morgan fingerprint density at radius 1 is 1.08 bits per heavy atom. The van der Waals surface area contributed by atoms with Crippen molar-refractivity contribution in [2.45, 2.75) is 22.7 Å². The summed E-state index contributed by atoms with van der Waals surface area (Å²) in [5.74, 6) is -0.429. The Morgan fingerprint density at radius 3 is 2.46 bits per heavy atom. The Morgan fingerprint density at radius 2 is 1.79 bits per heavy atom. The second-order valence-electron chi connectivity index (χ2n) is 5.47. The number of para-hydroxylation sites is 2. The Kier molecular flexibility index (Phi) is 3.92. The molecule has 3 aromatic rings. The van der Waals surface area contributed by atoms with Crippen molar-refractivity contribution in [2.24, 2.45) is 0 Å². The average Bonchev–Trinajstić information content (AvgIpc) is 2.93. The van der Waals surface area contributed by atoms with Crippen LogP contribution in [0.15, 0.2) is 46.6 Å². The number of aromatic nitrogens is 3. The Balaban J connectivity index is 2.04. The van der Waals surface area contributed by atoms with Crippen LogP contribution in [0.4, 0.5) is 0 Å². The van der Waals surface area contributed by atoms with E-state index in [4.69, 9.17) is 0 Å². The Labute approximate surface area is 139 Å². The fourth-order valence-electron chi connectivity index (χ4n) is 2.43. The van der Waals surface area contributed by atoms with E-state index in [0.717, 1.165) is 6.26 Å². The average molecular weight is 365 g/mol. The number of nitrogens with zero attached hydrogens (tertiary/aromatic N) is 2. The number of benzene rings is 1. The Hall–Kier alpha value is -2.26. The van der Waals surface area contributed by atoms with E-state index in [9.17, 15) is 16.8 Å². The van der Waals surface area contributed by atoms with Crippen LogP contribution in [0.1, 0.15) is 11.3 Å². The number of H-pyrrole nitrogens is 1. The molecule has 0 radical (unpaired) electrons. The van der Waals surface area contributed by atoms with Crippen molar-refractivity contribution < 1.29 is 16.8 Å². The van der Waals surface area contributed by atoms with Gasteiger partial charge < -0.3 is 4.98 Å². The van der Waals surface area contributed by atoms with Gasteiger partial charge in [-0.05, 0) is 30.7 Å². The highest BCUT2D eigenvalue weighted by Gasteiger charge is 2.23. The van der Waals surface area contributed by atoms with Gasteiger partial charge in [-0.25, -0.2) is 21.8 Å². The molecule has 0 saturated heterocycles. The zero-order chi connectivity index (χ0) is 17.5. The van der Waals surface area contributed by atoms with Crippen molar-refractivity contribution in [3.05, 3.63) is 47.8 Å². The van der Waals surface area contributed by atoms with Crippen LogP contribution in [-0.2, 0) is 25.4 Å². The first-order chi connectivity index (χ1) is 11.2. The Bertz CT molecular complexity index is 1100. The molecule has 0 aliphatic rings. The maximum Gasteiger partial charge on any atom is 0.226 e. The third kappa shape index (κ3) is 3.04. The fraction of sp³-hybridized carbons (Fsp3) is 0.200. The lowest BCUT2D eigenvalue weighted by Gasteiger charge is -2.08. The maximum atomic E-state index is 12.6. The summed E-state index contributed by atoms with van der Waals surface area (Å²) in [6.07, 6.45) is 2.37. The van der Waals surface area contributed by atoms with Crippen LogP contribution in [0.3, 0.4) is 0 Å². The lowest BCUT2D eigenvalue weighted by molar-refractivity contribution is 0.586. The van der Waals surface area contributed by atoms with Gasteiger partial charge in [0, 0.05) is 12.5 Å². The normalized spacial score (nSPS) is 12.6. The molecular formula is C15H15N3O4S2. The highest BCUT2D eigenvalue weighted by Crippen LogP contribution is 2.22. The number of sulfone groups is 2. The van der Waals surface area contributed by atoms with E-state index >= 15 is 0 Å². The van der Waals surface area contributed by atoms with E-state index < -0.39 is 25.4 Å². The summed E-state index contributed by atoms with van der Waals surface area (Å²) < 4.78 is 48.7. The highest BCUT2D eigenvalue weighted by atomic mass is 32.2. The van der Waals surface area contributed by atoms with Gasteiger partial charge in [-0.15, -0.1) is 0 Å². The van der Waals surface area contributed by atoms with Crippen LogP contribution >= 0.6 is 0 Å². The second kappa shape index (κ2) is 5.67. The lowest BCUT2D eigenvalue weighted by Crippen LogP contribution is -2.11. The zero-order valence-corrected chi connectivity index (χ0v) is 14.6. The van der Waals surface area contributed by atoms with E-state index in [1.54, 1.807) is 31.2 Å². The number of rotatable bonds is 4. The summed E-state index contributed by atoms with van der Waals surface area (Å²) >= 11 is 0. The number of hydrogen-bond acceptors (Lipinski definition) is 6. The molecule has 0 spiro atoms. The predicted octanol–water partition coefficient (Wildman–Crippen LogP) is 1.64. The number of aromatic amines is 1. The van der Waals surface area contributed by atoms with Gasteiger partial charge in [0.1, 0.15) is 5.75 Å². The van der Waals surface area contributed by atoms with Gasteiger partial charge in [0.05, 0.1) is 21.6 Å². The number of imidazole rings is 1. The van der Waals surface area contributed by atoms with Crippen LogP contribution < -0.4 is 0 Å². The molecule has 9 heteroatoms. The van der Waals surface area contributed by atoms with Crippen LogP contribution in [0, 0.1) is 6.92 Å². The fourth-order valence-corrected chi connectivity index (χ4v) is 4.70. The van der Waals surface area contributed by atoms with Crippen LogP contribution in [0.2, 0.25) is 0 Å². The summed E-state index contributed by atoms with van der Waals surface area (Å²) in [5.41, 5.74) is 1.69. The van der Waals surface area contributed by atoms with Gasteiger partial charge in [0.15, 0.2) is 9.84 Å². The highest BCUT2D eigenvalue weighted by molar-refractivity contribution is 7.91. The first-order valence-corrected chi connectivity index (χ1v) is 10.5. The van der Waals surface area contributed by atoms with Gasteiger partial charge in [-0.1, -0.05) is 12.1 Å². The van der Waals surface area contributed by atoms with Crippen molar-refractivity contribution in [3.8, 4) is 0 Å². The molecule has 2 heterocycles. The third-order valence-corrected chi connectivity index (χ3v) is 6.32. The first kappa shape index (κ1) is 16.6. The smallest absolute Gasteiger partial charge is 0.226 e. The summed E-state index contributed by atoms with van der Waals surface area (Å²) in [4.78, 5) is 11.0. The minimum Gasteiger partial charge on any atom is -0.329 e. The van der Waals surface area contributed by atoms with E-state index in [1.807, 2.05) is 0 Å². The quantitative estimate of drug-likeness (QED) is 0.753. The molecule has 0 aliphatic carbocycles. The van der Waals surface area contributed by atoms with Crippen LogP contribution in [-0.4, -0.2) is 38.0 Å². The van der Waals surface area contributed by atoms with Gasteiger partial charge in [0.2, 0.25) is 15.0 Å². The van der Waals surface area contributed by atoms with Crippen molar-refractivity contribution in [1.82, 2.24) is 15.0 Å². The van der Waals surface area contributed by atoms with E-state index in [1.165, 1.54) is 12.3 Å². The maximum absolute atomic E-state index is 12.6. The molecule has 2 aromatic heterocycles. The van der Waals surface area contributed by atoms with Gasteiger partial charge in [0.25, 0.3) is 0 Å². The molecule has 0 unspecified atom stereocenters. The number of hydrogen-bond donors (Lipinski definition) is 1. The second-order valence-corrected chi connectivity index (χ2v) is 9.36. The molecule has 7 nitrogen and oxygen atoms in total. The summed E-state index contributed by atoms with van der Waals surface area (Å²) in [7, 11) is -7.24. The number of pyridine rings is 1. The molecule has 0 atom stereocenters. The molecule has 126 valence electrons. The SMILES string of the molecule is Cc1c(S(C)(=O)=O)ccnc1CS(=O)(=O)c1nc2ccccc2[nH]1. The number of nitrogens with one attached hydrogen (secondary N) is 1. The molecule has 0 saturated carbocycles. The summed E-state index contributed by atoms with van der Waals surface area (Å²) in [6.45, 7) is 1.55. The molecule has 0 bridgehead atoms. The third-order valence-electron chi connectivity index (χ3n) is 3.65. The largest absolute Gasteiger partial charge is 0.329 e. The van der Waals surface area contributed by atoms with Gasteiger partial charge in [-0.3, -0.25) is 4.98 Å². The van der Waals surface area contributed by atoms with E-state index in [2.05, 4.69) is 15.0 Å². The summed E-state index contributed by atoms with van der Waals surface area (Å²) in [5, 5.41) is -0.158. The molecule has 3 rings (SSSR count). The minimum absolute atomic E-state index is 0.0762.